The summed E-state index contributed by atoms with van der Waals surface area (Å²) in [5.74, 6) is 0.357. The summed E-state index contributed by atoms with van der Waals surface area (Å²) in [6.07, 6.45) is -0.789. The minimum absolute atomic E-state index is 0.0759. The molecule has 2 rings (SSSR count). The summed E-state index contributed by atoms with van der Waals surface area (Å²) in [6.45, 7) is 4.95. The molecule has 0 bridgehead atoms. The maximum atomic E-state index is 11.8. The molecule has 1 atom stereocenters. The maximum absolute atomic E-state index is 11.8. The number of benzene rings is 2. The molecule has 0 fully saturated rings. The number of nitrogens with one attached hydrogen (secondary N) is 1. The number of rotatable bonds is 7. The Labute approximate surface area is 227 Å². The van der Waals surface area contributed by atoms with Gasteiger partial charge in [-0.3, -0.25) is 0 Å². The topological polar surface area (TPSA) is 105 Å². The van der Waals surface area contributed by atoms with Crippen molar-refractivity contribution >= 4 is 102 Å². The van der Waals surface area contributed by atoms with E-state index in [1.807, 2.05) is 45.2 Å². The average Bonchev–Trinajstić information content (AvgIpc) is 2.60. The van der Waals surface area contributed by atoms with Gasteiger partial charge in [0.15, 0.2) is 0 Å². The van der Waals surface area contributed by atoms with Gasteiger partial charge in [-0.2, -0.15) is 0 Å². The Kier molecular flexibility index (Phi) is 9.72. The molecule has 0 aromatic heterocycles. The van der Waals surface area contributed by atoms with Crippen LogP contribution in [0.4, 0.5) is 4.79 Å². The highest BCUT2D eigenvalue weighted by molar-refractivity contribution is 14.1. The van der Waals surface area contributed by atoms with Crippen molar-refractivity contribution < 1.29 is 29.3 Å². The van der Waals surface area contributed by atoms with Crippen LogP contribution in [0.1, 0.15) is 12.5 Å². The number of carbonyl (C=O) groups is 2. The van der Waals surface area contributed by atoms with E-state index in [2.05, 4.69) is 57.1 Å². The van der Waals surface area contributed by atoms with Gasteiger partial charge in [0, 0.05) is 13.6 Å². The molecular weight excluding hydrogens is 846 g/mol. The monoisotopic (exact) mass is 861 g/mol. The first-order valence-corrected chi connectivity index (χ1v) is 12.5. The standard InChI is InChI=1S/C19H15I4NO6/c1-8(2)29-19(28)24-16(18(26)27)7-11-12(20)3-9(4-13(11)21)30-10-5-14(22)17(25)15(23)6-10/h3-6,16,25H,1,7H2,2H3,(H,24,28)(H,26,27). The van der Waals surface area contributed by atoms with Gasteiger partial charge in [-0.05, 0) is 127 Å². The van der Waals surface area contributed by atoms with Crippen LogP contribution < -0.4 is 10.1 Å². The second-order valence-corrected chi connectivity index (χ2v) is 10.7. The lowest BCUT2D eigenvalue weighted by atomic mass is 10.1. The minimum Gasteiger partial charge on any atom is -0.506 e. The zero-order valence-corrected chi connectivity index (χ0v) is 24.0. The van der Waals surface area contributed by atoms with Gasteiger partial charge in [0.1, 0.15) is 23.3 Å². The Bertz CT molecular complexity index is 965. The van der Waals surface area contributed by atoms with Gasteiger partial charge >= 0.3 is 12.1 Å². The first-order valence-electron chi connectivity index (χ1n) is 8.18. The van der Waals surface area contributed by atoms with E-state index in [1.165, 1.54) is 6.92 Å². The number of phenolic OH excluding ortho intramolecular Hbond substituents is 1. The minimum atomic E-state index is -1.17. The number of hydrogen-bond donors (Lipinski definition) is 3. The fourth-order valence-corrected chi connectivity index (χ4v) is 6.17. The summed E-state index contributed by atoms with van der Waals surface area (Å²) in [4.78, 5) is 23.4. The van der Waals surface area contributed by atoms with Crippen LogP contribution in [0.5, 0.6) is 17.2 Å². The second-order valence-electron chi connectivity index (χ2n) is 6.03. The molecule has 11 heteroatoms. The number of carboxylic acids is 1. The molecule has 7 nitrogen and oxygen atoms in total. The van der Waals surface area contributed by atoms with E-state index in [4.69, 9.17) is 9.47 Å². The molecule has 0 radical (unpaired) electrons. The molecule has 30 heavy (non-hydrogen) atoms. The molecule has 0 spiro atoms. The van der Waals surface area contributed by atoms with Crippen LogP contribution in [-0.4, -0.2) is 28.3 Å². The molecule has 0 aliphatic carbocycles. The van der Waals surface area contributed by atoms with E-state index < -0.39 is 18.1 Å². The van der Waals surface area contributed by atoms with Crippen LogP contribution in [0.15, 0.2) is 36.6 Å². The summed E-state index contributed by atoms with van der Waals surface area (Å²) in [5, 5.41) is 21.7. The van der Waals surface area contributed by atoms with Crippen molar-refractivity contribution in [3.8, 4) is 17.2 Å². The highest BCUT2D eigenvalue weighted by atomic mass is 127. The lowest BCUT2D eigenvalue weighted by Gasteiger charge is -2.17. The number of carbonyl (C=O) groups excluding carboxylic acids is 1. The van der Waals surface area contributed by atoms with Crippen molar-refractivity contribution in [3.05, 3.63) is 56.4 Å². The Morgan fingerprint density at radius 3 is 1.93 bits per heavy atom. The van der Waals surface area contributed by atoms with Crippen molar-refractivity contribution in [2.24, 2.45) is 0 Å². The Morgan fingerprint density at radius 2 is 1.50 bits per heavy atom. The summed E-state index contributed by atoms with van der Waals surface area (Å²) in [6, 6.07) is 5.86. The van der Waals surface area contributed by atoms with E-state index >= 15 is 0 Å². The number of carboxylic acid groups (broad SMARTS) is 1. The van der Waals surface area contributed by atoms with Crippen molar-refractivity contribution in [1.82, 2.24) is 5.32 Å². The molecule has 0 heterocycles. The first kappa shape index (κ1) is 25.7. The number of halogens is 4. The number of phenols is 1. The molecule has 160 valence electrons. The van der Waals surface area contributed by atoms with Crippen molar-refractivity contribution in [2.75, 3.05) is 0 Å². The van der Waals surface area contributed by atoms with Gasteiger partial charge in [0.25, 0.3) is 0 Å². The normalized spacial score (nSPS) is 11.5. The predicted octanol–water partition coefficient (Wildman–Crippen LogP) is 5.86. The van der Waals surface area contributed by atoms with Crippen LogP contribution >= 0.6 is 90.4 Å². The van der Waals surface area contributed by atoms with Gasteiger partial charge in [-0.15, -0.1) is 0 Å². The summed E-state index contributed by atoms with van der Waals surface area (Å²) in [7, 11) is 0. The summed E-state index contributed by atoms with van der Waals surface area (Å²) < 4.78 is 13.6. The van der Waals surface area contributed by atoms with Gasteiger partial charge in [-0.1, -0.05) is 6.58 Å². The summed E-state index contributed by atoms with van der Waals surface area (Å²) in [5.41, 5.74) is 0.765. The molecule has 0 saturated heterocycles. The lowest BCUT2D eigenvalue weighted by Crippen LogP contribution is -2.42. The Balaban J connectivity index is 2.23. The molecule has 1 unspecified atom stereocenters. The van der Waals surface area contributed by atoms with Gasteiger partial charge in [0.05, 0.1) is 12.9 Å². The molecule has 0 aliphatic rings. The quantitative estimate of drug-likeness (QED) is 0.238. The molecule has 2 aromatic carbocycles. The molecular formula is C19H15I4NO6. The van der Waals surface area contributed by atoms with Gasteiger partial charge in [0.2, 0.25) is 0 Å². The van der Waals surface area contributed by atoms with Crippen molar-refractivity contribution in [1.29, 1.82) is 0 Å². The van der Waals surface area contributed by atoms with Crippen LogP contribution in [0.25, 0.3) is 0 Å². The predicted molar refractivity (Wildman–Crippen MR) is 145 cm³/mol. The Hall–Kier alpha value is -0.560. The fraction of sp³-hybridized carbons (Fsp3) is 0.158. The van der Waals surface area contributed by atoms with Gasteiger partial charge < -0.3 is 25.0 Å². The molecule has 3 N–H and O–H groups in total. The largest absolute Gasteiger partial charge is 0.506 e. The zero-order chi connectivity index (χ0) is 22.6. The number of aromatic hydroxyl groups is 1. The number of alkyl carbamates (subject to hydrolysis) is 1. The van der Waals surface area contributed by atoms with Crippen LogP contribution in [-0.2, 0) is 16.0 Å². The van der Waals surface area contributed by atoms with Gasteiger partial charge in [-0.25, -0.2) is 9.59 Å². The Morgan fingerprint density at radius 1 is 1.03 bits per heavy atom. The maximum Gasteiger partial charge on any atom is 0.412 e. The SMILES string of the molecule is C=C(C)OC(=O)NC(Cc1c(I)cc(Oc2cc(I)c(O)c(I)c2)cc1I)C(=O)O. The van der Waals surface area contributed by atoms with E-state index in [0.717, 1.165) is 12.7 Å². The van der Waals surface area contributed by atoms with E-state index in [-0.39, 0.29) is 17.9 Å². The number of amides is 1. The highest BCUT2D eigenvalue weighted by Gasteiger charge is 2.24. The smallest absolute Gasteiger partial charge is 0.412 e. The third-order valence-corrected chi connectivity index (χ3v) is 7.18. The third kappa shape index (κ3) is 7.25. The summed E-state index contributed by atoms with van der Waals surface area (Å²) >= 11 is 8.27. The zero-order valence-electron chi connectivity index (χ0n) is 15.3. The lowest BCUT2D eigenvalue weighted by molar-refractivity contribution is -0.139. The van der Waals surface area contributed by atoms with E-state index in [0.29, 0.717) is 18.6 Å². The number of hydrogen-bond acceptors (Lipinski definition) is 5. The second kappa shape index (κ2) is 11.3. The molecule has 0 aliphatic heterocycles. The average molecular weight is 861 g/mol. The van der Waals surface area contributed by atoms with Crippen LogP contribution in [0.2, 0.25) is 0 Å². The van der Waals surface area contributed by atoms with E-state index in [1.54, 1.807) is 24.3 Å². The number of allylic oxidation sites excluding steroid dienone is 1. The third-order valence-electron chi connectivity index (χ3n) is 3.61. The van der Waals surface area contributed by atoms with Crippen molar-refractivity contribution in [3.63, 3.8) is 0 Å². The number of aliphatic carboxylic acids is 1. The van der Waals surface area contributed by atoms with E-state index in [9.17, 15) is 19.8 Å². The van der Waals surface area contributed by atoms with Crippen LogP contribution in [0, 0.1) is 14.3 Å². The molecule has 1 amide bonds. The fourth-order valence-electron chi connectivity index (χ4n) is 2.31. The highest BCUT2D eigenvalue weighted by Crippen LogP contribution is 2.34. The van der Waals surface area contributed by atoms with Crippen molar-refractivity contribution in [2.45, 2.75) is 19.4 Å². The first-order chi connectivity index (χ1) is 14.0. The molecule has 2 aromatic rings. The molecule has 0 saturated carbocycles. The number of ether oxygens (including phenoxy) is 2. The van der Waals surface area contributed by atoms with Crippen LogP contribution in [0.3, 0.4) is 0 Å².